The Morgan fingerprint density at radius 1 is 1.73 bits per heavy atom. The number of carboxylic acids is 1. The van der Waals surface area contributed by atoms with E-state index in [1.165, 1.54) is 0 Å². The molecule has 6 nitrogen and oxygen atoms in total. The molecular weight excluding hydrogens is 148 g/mol. The summed E-state index contributed by atoms with van der Waals surface area (Å²) in [5.41, 5.74) is 0. The number of H-pyrrole nitrogens is 1. The Morgan fingerprint density at radius 2 is 2.36 bits per heavy atom. The number of rotatable bonds is 2. The van der Waals surface area contributed by atoms with Gasteiger partial charge in [-0.3, -0.25) is 5.10 Å². The van der Waals surface area contributed by atoms with E-state index in [1.54, 1.807) is 0 Å². The van der Waals surface area contributed by atoms with Crippen LogP contribution in [0.5, 0.6) is 0 Å². The smallest absolute Gasteiger partial charge is 0.196 e. The zero-order valence-electron chi connectivity index (χ0n) is 6.42. The van der Waals surface area contributed by atoms with Gasteiger partial charge >= 0.3 is 0 Å². The number of nitrogens with zero attached hydrogens (tertiary/aromatic N) is 2. The quantitative estimate of drug-likeness (QED) is 0.580. The highest BCUT2D eigenvalue weighted by Crippen LogP contribution is 1.90. The molecule has 0 aliphatic heterocycles. The summed E-state index contributed by atoms with van der Waals surface area (Å²) in [7, 11) is 0. The summed E-state index contributed by atoms with van der Waals surface area (Å²) >= 11 is 0. The second-order valence-corrected chi connectivity index (χ2v) is 1.75. The van der Waals surface area contributed by atoms with Gasteiger partial charge in [0.15, 0.2) is 5.82 Å². The molecule has 0 bridgehead atoms. The Balaban J connectivity index is 0.000001000. The number of nitrogens with one attached hydrogen (secondary N) is 1. The molecule has 5 N–H and O–H groups in total. The lowest BCUT2D eigenvalue weighted by Gasteiger charge is -1.89. The van der Waals surface area contributed by atoms with Crippen LogP contribution in [0.15, 0.2) is 0 Å². The Hall–Kier alpha value is -1.43. The van der Waals surface area contributed by atoms with Gasteiger partial charge in [-0.05, 0) is 0 Å². The van der Waals surface area contributed by atoms with Gasteiger partial charge in [-0.2, -0.15) is 5.10 Å². The highest BCUT2D eigenvalue weighted by atomic mass is 16.4. The molecule has 0 saturated carbocycles. The normalized spacial score (nSPS) is 8.82. The van der Waals surface area contributed by atoms with Crippen LogP contribution in [0.25, 0.3) is 0 Å². The molecule has 0 aliphatic rings. The summed E-state index contributed by atoms with van der Waals surface area (Å²) in [6.07, 6.45) is 0.639. The lowest BCUT2D eigenvalue weighted by atomic mass is 10.5. The molecule has 0 unspecified atom stereocenters. The SMILES string of the molecule is CCc1nc(C(=O)[O-])n[nH]1.[NH4+]. The van der Waals surface area contributed by atoms with Crippen LogP contribution >= 0.6 is 0 Å². The van der Waals surface area contributed by atoms with Crippen LogP contribution in [-0.2, 0) is 6.42 Å². The van der Waals surface area contributed by atoms with Crippen molar-refractivity contribution in [3.8, 4) is 0 Å². The van der Waals surface area contributed by atoms with Crippen molar-refractivity contribution in [3.63, 3.8) is 0 Å². The van der Waals surface area contributed by atoms with Gasteiger partial charge in [0.25, 0.3) is 0 Å². The minimum atomic E-state index is -1.35. The number of aromatic amines is 1. The summed E-state index contributed by atoms with van der Waals surface area (Å²) < 4.78 is 0. The zero-order valence-corrected chi connectivity index (χ0v) is 6.42. The molecule has 0 saturated heterocycles. The highest BCUT2D eigenvalue weighted by Gasteiger charge is 1.99. The highest BCUT2D eigenvalue weighted by molar-refractivity contribution is 5.80. The van der Waals surface area contributed by atoms with Crippen molar-refractivity contribution < 1.29 is 9.90 Å². The third-order valence-corrected chi connectivity index (χ3v) is 1.05. The Kier molecular flexibility index (Phi) is 3.19. The van der Waals surface area contributed by atoms with E-state index >= 15 is 0 Å². The predicted molar refractivity (Wildman–Crippen MR) is 36.1 cm³/mol. The number of hydrogen-bond donors (Lipinski definition) is 2. The first-order valence-electron chi connectivity index (χ1n) is 2.86. The lowest BCUT2D eigenvalue weighted by molar-refractivity contribution is -0.256. The molecule has 62 valence electrons. The summed E-state index contributed by atoms with van der Waals surface area (Å²) in [5.74, 6) is -1.08. The van der Waals surface area contributed by atoms with E-state index in [9.17, 15) is 9.90 Å². The molecule has 1 aromatic heterocycles. The number of aromatic carboxylic acids is 1. The van der Waals surface area contributed by atoms with Gasteiger partial charge in [0.1, 0.15) is 11.8 Å². The molecule has 0 radical (unpaired) electrons. The van der Waals surface area contributed by atoms with Crippen LogP contribution in [-0.4, -0.2) is 21.2 Å². The second-order valence-electron chi connectivity index (χ2n) is 1.75. The summed E-state index contributed by atoms with van der Waals surface area (Å²) in [6.45, 7) is 1.85. The molecule has 0 atom stereocenters. The van der Waals surface area contributed by atoms with E-state index in [0.29, 0.717) is 12.2 Å². The second kappa shape index (κ2) is 3.67. The van der Waals surface area contributed by atoms with Crippen molar-refractivity contribution in [1.82, 2.24) is 21.3 Å². The molecular formula is C5H10N4O2. The molecule has 0 amide bonds. The van der Waals surface area contributed by atoms with Crippen LogP contribution in [0.2, 0.25) is 0 Å². The maximum Gasteiger partial charge on any atom is 0.196 e. The van der Waals surface area contributed by atoms with E-state index < -0.39 is 5.97 Å². The number of quaternary nitrogens is 1. The lowest BCUT2D eigenvalue weighted by Crippen LogP contribution is -2.23. The van der Waals surface area contributed by atoms with Gasteiger partial charge in [0.2, 0.25) is 0 Å². The van der Waals surface area contributed by atoms with Gasteiger partial charge in [-0.15, -0.1) is 0 Å². The van der Waals surface area contributed by atoms with Gasteiger partial charge in [0, 0.05) is 6.42 Å². The van der Waals surface area contributed by atoms with Crippen LogP contribution in [0.1, 0.15) is 23.4 Å². The fourth-order valence-electron chi connectivity index (χ4n) is 0.545. The Bertz CT molecular complexity index is 244. The fourth-order valence-corrected chi connectivity index (χ4v) is 0.545. The molecule has 1 heterocycles. The number of carbonyl (C=O) groups excluding carboxylic acids is 1. The van der Waals surface area contributed by atoms with E-state index in [-0.39, 0.29) is 12.0 Å². The first-order chi connectivity index (χ1) is 4.74. The van der Waals surface area contributed by atoms with Gasteiger partial charge in [-0.1, -0.05) is 6.92 Å². The topological polar surface area (TPSA) is 118 Å². The van der Waals surface area contributed by atoms with Crippen LogP contribution in [0, 0.1) is 0 Å². The zero-order chi connectivity index (χ0) is 7.56. The third-order valence-electron chi connectivity index (χ3n) is 1.05. The molecule has 1 rings (SSSR count). The first-order valence-corrected chi connectivity index (χ1v) is 2.86. The summed E-state index contributed by atoms with van der Waals surface area (Å²) in [5, 5.41) is 15.9. The predicted octanol–water partition coefficient (Wildman–Crippen LogP) is -0.893. The first kappa shape index (κ1) is 9.57. The number of aromatic nitrogens is 3. The van der Waals surface area contributed by atoms with Crippen molar-refractivity contribution in [2.75, 3.05) is 0 Å². The van der Waals surface area contributed by atoms with Crippen LogP contribution in [0.3, 0.4) is 0 Å². The number of aryl methyl sites for hydroxylation is 1. The van der Waals surface area contributed by atoms with Crippen LogP contribution in [0.4, 0.5) is 0 Å². The van der Waals surface area contributed by atoms with E-state index in [0.717, 1.165) is 0 Å². The molecule has 0 aromatic carbocycles. The summed E-state index contributed by atoms with van der Waals surface area (Å²) in [4.78, 5) is 13.7. The van der Waals surface area contributed by atoms with Gasteiger partial charge in [0.05, 0.1) is 0 Å². The van der Waals surface area contributed by atoms with Gasteiger partial charge < -0.3 is 16.1 Å². The molecule has 11 heavy (non-hydrogen) atoms. The number of hydrogen-bond acceptors (Lipinski definition) is 4. The Labute approximate surface area is 63.2 Å². The maximum atomic E-state index is 10.1. The molecule has 0 aliphatic carbocycles. The van der Waals surface area contributed by atoms with Crippen molar-refractivity contribution in [2.24, 2.45) is 0 Å². The minimum absolute atomic E-state index is 0. The monoisotopic (exact) mass is 158 g/mol. The minimum Gasteiger partial charge on any atom is -0.541 e. The van der Waals surface area contributed by atoms with Crippen LogP contribution < -0.4 is 11.3 Å². The van der Waals surface area contributed by atoms with E-state index in [4.69, 9.17) is 0 Å². The largest absolute Gasteiger partial charge is 0.541 e. The standard InChI is InChI=1S/C5H7N3O2.H3N/c1-2-3-6-4(5(9)10)8-7-3;/h2H2,1H3,(H,9,10)(H,6,7,8);1H3. The molecule has 0 spiro atoms. The van der Waals surface area contributed by atoms with Crippen molar-refractivity contribution in [1.29, 1.82) is 0 Å². The average Bonchev–Trinajstić information content (AvgIpc) is 2.34. The Morgan fingerprint density at radius 3 is 2.64 bits per heavy atom. The summed E-state index contributed by atoms with van der Waals surface area (Å²) in [6, 6.07) is 0. The molecule has 1 aromatic rings. The average molecular weight is 158 g/mol. The molecule has 0 fully saturated rings. The third kappa shape index (κ3) is 2.01. The number of carboxylic acid groups (broad SMARTS) is 1. The van der Waals surface area contributed by atoms with Gasteiger partial charge in [-0.25, -0.2) is 4.98 Å². The fraction of sp³-hybridized carbons (Fsp3) is 0.400. The van der Waals surface area contributed by atoms with Crippen molar-refractivity contribution >= 4 is 5.97 Å². The number of carbonyl (C=O) groups is 1. The van der Waals surface area contributed by atoms with E-state index in [2.05, 4.69) is 15.2 Å². The van der Waals surface area contributed by atoms with Crippen molar-refractivity contribution in [3.05, 3.63) is 11.6 Å². The van der Waals surface area contributed by atoms with Crippen molar-refractivity contribution in [2.45, 2.75) is 13.3 Å². The maximum absolute atomic E-state index is 10.1. The van der Waals surface area contributed by atoms with E-state index in [1.807, 2.05) is 6.92 Å². The molecule has 6 heteroatoms.